The Morgan fingerprint density at radius 2 is 1.43 bits per heavy atom. The summed E-state index contributed by atoms with van der Waals surface area (Å²) in [6, 6.07) is 2.44. The molecule has 1 aliphatic heterocycles. The second-order valence-electron chi connectivity index (χ2n) is 8.47. The van der Waals surface area contributed by atoms with Crippen molar-refractivity contribution in [3.8, 4) is 11.5 Å². The summed E-state index contributed by atoms with van der Waals surface area (Å²) >= 11 is 0. The van der Waals surface area contributed by atoms with E-state index < -0.39 is 79.9 Å². The summed E-state index contributed by atoms with van der Waals surface area (Å²) in [5, 5.41) is 90.3. The van der Waals surface area contributed by atoms with Crippen LogP contribution >= 0.6 is 0 Å². The molecule has 14 heteroatoms. The van der Waals surface area contributed by atoms with Crippen LogP contribution in [0.2, 0.25) is 0 Å². The van der Waals surface area contributed by atoms with Gasteiger partial charge in [-0.15, -0.1) is 0 Å². The van der Waals surface area contributed by atoms with E-state index in [0.717, 1.165) is 0 Å². The SMILES string of the molecule is COc1cc(O)cc(C)c1C(=O)OC1C(CO)OC(OC2C(O)C(O)C(O)C(O)C2O)C(O)C1O. The van der Waals surface area contributed by atoms with Crippen molar-refractivity contribution in [3.05, 3.63) is 23.3 Å². The molecule has 1 aromatic carbocycles. The minimum atomic E-state index is -1.95. The molecule has 0 spiro atoms. The maximum Gasteiger partial charge on any atom is 0.342 e. The van der Waals surface area contributed by atoms with Crippen LogP contribution < -0.4 is 4.74 Å². The molecule has 1 aromatic rings. The number of benzene rings is 1. The van der Waals surface area contributed by atoms with E-state index in [-0.39, 0.29) is 22.6 Å². The minimum Gasteiger partial charge on any atom is -0.508 e. The number of esters is 1. The van der Waals surface area contributed by atoms with Crippen molar-refractivity contribution in [2.75, 3.05) is 13.7 Å². The Morgan fingerprint density at radius 3 is 1.97 bits per heavy atom. The molecule has 0 bridgehead atoms. The van der Waals surface area contributed by atoms with Crippen LogP contribution in [0.15, 0.2) is 12.1 Å². The number of carbonyl (C=O) groups excluding carboxylic acids is 1. The number of carbonyl (C=O) groups is 1. The van der Waals surface area contributed by atoms with Crippen molar-refractivity contribution in [3.63, 3.8) is 0 Å². The predicted molar refractivity (Wildman–Crippen MR) is 111 cm³/mol. The van der Waals surface area contributed by atoms with Gasteiger partial charge in [0.15, 0.2) is 12.4 Å². The van der Waals surface area contributed by atoms with Crippen LogP contribution in [0.5, 0.6) is 11.5 Å². The molecule has 1 aliphatic carbocycles. The van der Waals surface area contributed by atoms with Crippen molar-refractivity contribution < 1.29 is 69.7 Å². The first-order valence-corrected chi connectivity index (χ1v) is 10.7. The molecule has 2 aliphatic rings. The number of rotatable bonds is 6. The van der Waals surface area contributed by atoms with E-state index in [9.17, 15) is 50.8 Å². The van der Waals surface area contributed by atoms with Crippen molar-refractivity contribution in [1.29, 1.82) is 0 Å². The number of aliphatic hydroxyl groups excluding tert-OH is 8. The smallest absolute Gasteiger partial charge is 0.342 e. The number of hydrogen-bond donors (Lipinski definition) is 9. The van der Waals surface area contributed by atoms with Gasteiger partial charge in [0, 0.05) is 6.07 Å². The molecule has 1 saturated carbocycles. The van der Waals surface area contributed by atoms with Gasteiger partial charge in [-0.1, -0.05) is 0 Å². The molecule has 9 atom stereocenters. The largest absolute Gasteiger partial charge is 0.508 e. The topological polar surface area (TPSA) is 236 Å². The van der Waals surface area contributed by atoms with Gasteiger partial charge >= 0.3 is 5.97 Å². The molecular formula is C21H30O14. The lowest BCUT2D eigenvalue weighted by Gasteiger charge is -2.46. The number of aromatic hydroxyl groups is 1. The Labute approximate surface area is 199 Å². The molecule has 0 aromatic heterocycles. The number of methoxy groups -OCH3 is 1. The number of aliphatic hydroxyl groups is 8. The molecule has 198 valence electrons. The summed E-state index contributed by atoms with van der Waals surface area (Å²) in [7, 11) is 1.26. The highest BCUT2D eigenvalue weighted by Gasteiger charge is 2.53. The maximum absolute atomic E-state index is 12.8. The average Bonchev–Trinajstić information content (AvgIpc) is 2.82. The van der Waals surface area contributed by atoms with Gasteiger partial charge in [-0.25, -0.2) is 4.79 Å². The molecular weight excluding hydrogens is 476 g/mol. The molecule has 14 nitrogen and oxygen atoms in total. The van der Waals surface area contributed by atoms with Crippen LogP contribution in [0.4, 0.5) is 0 Å². The van der Waals surface area contributed by atoms with Crippen molar-refractivity contribution in [2.24, 2.45) is 0 Å². The highest BCUT2D eigenvalue weighted by molar-refractivity contribution is 5.94. The van der Waals surface area contributed by atoms with E-state index >= 15 is 0 Å². The molecule has 3 rings (SSSR count). The molecule has 1 heterocycles. The van der Waals surface area contributed by atoms with Crippen LogP contribution in [0.3, 0.4) is 0 Å². The number of hydrogen-bond acceptors (Lipinski definition) is 14. The maximum atomic E-state index is 12.8. The molecule has 35 heavy (non-hydrogen) atoms. The second kappa shape index (κ2) is 10.9. The van der Waals surface area contributed by atoms with Gasteiger partial charge in [0.2, 0.25) is 0 Å². The van der Waals surface area contributed by atoms with Gasteiger partial charge in [-0.3, -0.25) is 0 Å². The van der Waals surface area contributed by atoms with E-state index in [0.29, 0.717) is 0 Å². The van der Waals surface area contributed by atoms with E-state index in [1.807, 2.05) is 0 Å². The van der Waals surface area contributed by atoms with Crippen LogP contribution in [-0.4, -0.2) is 133 Å². The Balaban J connectivity index is 1.78. The third-order valence-electron chi connectivity index (χ3n) is 6.14. The molecule has 9 unspecified atom stereocenters. The van der Waals surface area contributed by atoms with Gasteiger partial charge in [-0.05, 0) is 18.6 Å². The van der Waals surface area contributed by atoms with Crippen LogP contribution in [0.1, 0.15) is 15.9 Å². The summed E-state index contributed by atoms with van der Waals surface area (Å²) in [5.74, 6) is -1.22. The predicted octanol–water partition coefficient (Wildman–Crippen LogP) is -4.12. The monoisotopic (exact) mass is 506 g/mol. The number of phenols is 1. The zero-order valence-corrected chi connectivity index (χ0v) is 18.8. The Hall–Kier alpha value is -2.11. The summed E-state index contributed by atoms with van der Waals surface area (Å²) in [4.78, 5) is 12.8. The van der Waals surface area contributed by atoms with Crippen molar-refractivity contribution in [2.45, 2.75) is 74.3 Å². The number of aryl methyl sites for hydroxylation is 1. The number of phenolic OH excluding ortho intramolecular Hbond substituents is 1. The zero-order chi connectivity index (χ0) is 26.2. The molecule has 0 amide bonds. The lowest BCUT2D eigenvalue weighted by Crippen LogP contribution is -2.67. The fraction of sp³-hybridized carbons (Fsp3) is 0.667. The lowest BCUT2D eigenvalue weighted by molar-refractivity contribution is -0.338. The highest BCUT2D eigenvalue weighted by Crippen LogP contribution is 2.32. The summed E-state index contributed by atoms with van der Waals surface area (Å²) in [6.07, 6.45) is -20.0. The first-order chi connectivity index (χ1) is 16.4. The van der Waals surface area contributed by atoms with Gasteiger partial charge in [0.05, 0.1) is 13.7 Å². The zero-order valence-electron chi connectivity index (χ0n) is 18.8. The Bertz CT molecular complexity index is 877. The van der Waals surface area contributed by atoms with E-state index in [1.54, 1.807) is 0 Å². The average molecular weight is 506 g/mol. The van der Waals surface area contributed by atoms with Crippen LogP contribution in [0, 0.1) is 6.92 Å². The fourth-order valence-corrected chi connectivity index (χ4v) is 4.16. The van der Waals surface area contributed by atoms with Gasteiger partial charge in [0.25, 0.3) is 0 Å². The summed E-state index contributed by atoms with van der Waals surface area (Å²) in [5.41, 5.74) is 0.192. The van der Waals surface area contributed by atoms with E-state index in [1.165, 1.54) is 26.2 Å². The number of ether oxygens (including phenoxy) is 4. The van der Waals surface area contributed by atoms with E-state index in [4.69, 9.17) is 18.9 Å². The first-order valence-electron chi connectivity index (χ1n) is 10.7. The lowest BCUT2D eigenvalue weighted by atomic mass is 9.84. The standard InChI is InChI=1S/C21H30O14/c1-6-3-7(23)4-8(32-2)10(6)20(31)34-18-9(5-22)33-21(17(30)16(18)29)35-19-14(27)12(25)11(24)13(26)15(19)28/h3-4,9,11-19,21-30H,5H2,1-2H3. The third-order valence-corrected chi connectivity index (χ3v) is 6.14. The molecule has 1 saturated heterocycles. The Morgan fingerprint density at radius 1 is 0.886 bits per heavy atom. The van der Waals surface area contributed by atoms with Gasteiger partial charge < -0.3 is 64.9 Å². The van der Waals surface area contributed by atoms with Crippen molar-refractivity contribution in [1.82, 2.24) is 0 Å². The summed E-state index contributed by atoms with van der Waals surface area (Å²) < 4.78 is 21.1. The van der Waals surface area contributed by atoms with E-state index in [2.05, 4.69) is 0 Å². The summed E-state index contributed by atoms with van der Waals surface area (Å²) in [6.45, 7) is 0.669. The second-order valence-corrected chi connectivity index (χ2v) is 8.47. The third kappa shape index (κ3) is 5.22. The minimum absolute atomic E-state index is 0.0272. The van der Waals surface area contributed by atoms with Gasteiger partial charge in [-0.2, -0.15) is 0 Å². The normalized spacial score (nSPS) is 39.8. The van der Waals surface area contributed by atoms with Crippen molar-refractivity contribution >= 4 is 5.97 Å². The van der Waals surface area contributed by atoms with Gasteiger partial charge in [0.1, 0.15) is 72.0 Å². The van der Waals surface area contributed by atoms with Crippen LogP contribution in [0.25, 0.3) is 0 Å². The Kier molecular flexibility index (Phi) is 8.54. The molecule has 2 fully saturated rings. The molecule has 0 radical (unpaired) electrons. The quantitative estimate of drug-likeness (QED) is 0.167. The fourth-order valence-electron chi connectivity index (χ4n) is 4.16. The first kappa shape index (κ1) is 27.5. The molecule has 9 N–H and O–H groups in total. The van der Waals surface area contributed by atoms with Crippen LogP contribution in [-0.2, 0) is 14.2 Å². The highest BCUT2D eigenvalue weighted by atomic mass is 16.7.